The van der Waals surface area contributed by atoms with Gasteiger partial charge in [-0.3, -0.25) is 43.8 Å². The Bertz CT molecular complexity index is 3840. The molecule has 29 heteroatoms. The number of aliphatic hydroxyl groups excluding tert-OH is 3. The second-order valence-corrected chi connectivity index (χ2v) is 24.6. The number of likely N-dealkylation sites (tertiary alicyclic amines) is 1. The number of anilines is 4. The highest BCUT2D eigenvalue weighted by Gasteiger charge is 2.49. The molecular weight excluding hydrogens is 1260 g/mol. The molecule has 1 aromatic heterocycles. The third-order valence-corrected chi connectivity index (χ3v) is 17.7. The van der Waals surface area contributed by atoms with Crippen molar-refractivity contribution < 1.29 is 82.6 Å². The number of thioether (sulfide) groups is 1. The standard InChI is InChI=1S/C65H73ClN10O17S/c1-33(2)52(74-49(77)13-5-4-8-25-75-50(78)29-48(94-3)61(75)86)59(84)73-44(12-9-24-68-64(67)89)58(83)69-38-18-14-34(15-19-38)32-91-65(90)71-39-20-16-35(17-21-39)57(82)70-40-22-23-43-36(26-40)27-45(72-43)60(85)76-31-37(30-66)51-42-11-7-6-10-41(42)47(28-46(51)76)92-63-55(81)53(79)54(80)56(93-63)62(87)88/h6-7,10-11,14-23,26-28,33,37,44,48,52-56,63,72,79-81H,4-5,8-9,12-13,24-25,29-32H2,1-3H3,(H,69,83)(H,70,82)(H,71,90)(H,73,84)(H,74,77)(H,87,88)(H3,67,68,89). The van der Waals surface area contributed by atoms with Crippen molar-refractivity contribution in [2.24, 2.45) is 11.7 Å². The van der Waals surface area contributed by atoms with Crippen LogP contribution in [0, 0.1) is 5.92 Å². The van der Waals surface area contributed by atoms with Crippen molar-refractivity contribution >= 4 is 127 Å². The van der Waals surface area contributed by atoms with E-state index in [-0.39, 0.29) is 110 Å². The number of ether oxygens (including phenoxy) is 3. The number of carbonyl (C=O) groups is 10. The highest BCUT2D eigenvalue weighted by atomic mass is 35.5. The maximum atomic E-state index is 14.5. The van der Waals surface area contributed by atoms with Crippen molar-refractivity contribution in [2.75, 3.05) is 52.6 Å². The summed E-state index contributed by atoms with van der Waals surface area (Å²) in [5, 5.41) is 58.8. The van der Waals surface area contributed by atoms with E-state index in [1.54, 1.807) is 92.9 Å². The molecule has 13 N–H and O–H groups in total. The maximum Gasteiger partial charge on any atom is 0.411 e. The van der Waals surface area contributed by atoms with Crippen LogP contribution < -0.4 is 47.3 Å². The van der Waals surface area contributed by atoms with E-state index in [9.17, 15) is 68.4 Å². The van der Waals surface area contributed by atoms with Gasteiger partial charge >= 0.3 is 18.1 Å². The molecule has 9 unspecified atom stereocenters. The zero-order valence-electron chi connectivity index (χ0n) is 51.4. The van der Waals surface area contributed by atoms with Crippen molar-refractivity contribution in [3.05, 3.63) is 126 Å². The number of hydrogen-bond acceptors (Lipinski definition) is 17. The Labute approximate surface area is 548 Å². The summed E-state index contributed by atoms with van der Waals surface area (Å²) in [5.74, 6) is -4.87. The molecule has 2 fully saturated rings. The number of unbranched alkanes of at least 4 members (excludes halogenated alkanes) is 2. The number of carbonyl (C=O) groups excluding carboxylic acids is 9. The number of aliphatic hydroxyl groups is 3. The second kappa shape index (κ2) is 31.1. The average Bonchev–Trinajstić information content (AvgIpc) is 1.54. The summed E-state index contributed by atoms with van der Waals surface area (Å²) < 4.78 is 16.9. The lowest BCUT2D eigenvalue weighted by atomic mass is 9.95. The Morgan fingerprint density at radius 2 is 1.50 bits per heavy atom. The van der Waals surface area contributed by atoms with E-state index in [4.69, 9.17) is 31.5 Å². The van der Waals surface area contributed by atoms with Gasteiger partial charge in [0.2, 0.25) is 35.8 Å². The molecule has 0 saturated carbocycles. The van der Waals surface area contributed by atoms with E-state index in [1.165, 1.54) is 45.8 Å². The Morgan fingerprint density at radius 1 is 0.798 bits per heavy atom. The van der Waals surface area contributed by atoms with Crippen LogP contribution >= 0.6 is 23.4 Å². The minimum absolute atomic E-state index is 0.0964. The molecule has 0 bridgehead atoms. The van der Waals surface area contributed by atoms with Crippen molar-refractivity contribution in [1.82, 2.24) is 25.8 Å². The number of benzene rings is 5. The van der Waals surface area contributed by atoms with Crippen molar-refractivity contribution in [3.63, 3.8) is 0 Å². The SMILES string of the molecule is CSC1CC(=O)N(CCCCCC(=O)NC(C(=O)NC(CCCNC(N)=O)C(=O)Nc2ccc(COC(=O)Nc3ccc(C(=O)Nc4ccc5[nH]c(C(=O)N6CC(CCl)c7c6cc(OC6OC(C(=O)O)C(O)C(O)C6O)c6ccccc76)cc5c4)cc3)cc2)C(C)C)C1=O. The number of primary amides is 1. The largest absolute Gasteiger partial charge is 0.479 e. The lowest BCUT2D eigenvalue weighted by molar-refractivity contribution is -0.270. The lowest BCUT2D eigenvalue weighted by Crippen LogP contribution is -2.61. The number of nitrogens with one attached hydrogen (secondary N) is 7. The molecule has 3 aliphatic heterocycles. The van der Waals surface area contributed by atoms with Gasteiger partial charge in [0.05, 0.1) is 10.9 Å². The van der Waals surface area contributed by atoms with Gasteiger partial charge in [-0.15, -0.1) is 11.6 Å². The number of imide groups is 1. The summed E-state index contributed by atoms with van der Waals surface area (Å²) in [4.78, 5) is 135. The number of hydrogen-bond donors (Lipinski definition) is 12. The molecule has 2 saturated heterocycles. The fraction of sp³-hybridized carbons (Fsp3) is 0.385. The highest BCUT2D eigenvalue weighted by molar-refractivity contribution is 8.00. The molecule has 6 aromatic rings. The molecular formula is C65H73ClN10O17S. The third-order valence-electron chi connectivity index (χ3n) is 16.3. The van der Waals surface area contributed by atoms with Crippen molar-refractivity contribution in [3.8, 4) is 5.75 Å². The van der Waals surface area contributed by atoms with E-state index in [0.29, 0.717) is 69.3 Å². The first kappa shape index (κ1) is 69.0. The number of amides is 10. The van der Waals surface area contributed by atoms with Gasteiger partial charge < -0.3 is 76.8 Å². The smallest absolute Gasteiger partial charge is 0.411 e. The van der Waals surface area contributed by atoms with E-state index in [2.05, 4.69) is 36.9 Å². The summed E-state index contributed by atoms with van der Waals surface area (Å²) in [6, 6.07) is 24.9. The number of rotatable bonds is 27. The molecule has 94 heavy (non-hydrogen) atoms. The van der Waals surface area contributed by atoms with Gasteiger partial charge in [-0.25, -0.2) is 14.4 Å². The zero-order valence-corrected chi connectivity index (χ0v) is 53.0. The molecule has 0 radical (unpaired) electrons. The van der Waals surface area contributed by atoms with Crippen LogP contribution in [0.5, 0.6) is 5.75 Å². The van der Waals surface area contributed by atoms with E-state index < -0.39 is 84.5 Å². The molecule has 0 aliphatic carbocycles. The number of aliphatic carboxylic acids is 1. The number of nitrogens with zero attached hydrogens (tertiary/aromatic N) is 2. The normalized spacial score (nSPS) is 19.9. The Morgan fingerprint density at radius 3 is 2.18 bits per heavy atom. The van der Waals surface area contributed by atoms with Crippen LogP contribution in [0.25, 0.3) is 21.7 Å². The fourth-order valence-corrected chi connectivity index (χ4v) is 12.2. The molecule has 9 atom stereocenters. The highest BCUT2D eigenvalue weighted by Crippen LogP contribution is 2.47. The number of halogens is 1. The van der Waals surface area contributed by atoms with Crippen LogP contribution in [0.3, 0.4) is 0 Å². The summed E-state index contributed by atoms with van der Waals surface area (Å²) in [7, 11) is 0. The Kier molecular flexibility index (Phi) is 22.8. The van der Waals surface area contributed by atoms with Crippen LogP contribution in [0.15, 0.2) is 103 Å². The maximum absolute atomic E-state index is 14.5. The molecule has 3 aliphatic rings. The van der Waals surface area contributed by atoms with Crippen LogP contribution in [0.4, 0.5) is 32.3 Å². The summed E-state index contributed by atoms with van der Waals surface area (Å²) in [6.45, 7) is 3.92. The van der Waals surface area contributed by atoms with Gasteiger partial charge in [0.1, 0.15) is 48.4 Å². The van der Waals surface area contributed by atoms with Crippen LogP contribution in [0.2, 0.25) is 0 Å². The molecule has 5 aromatic carbocycles. The number of carboxylic acid groups (broad SMARTS) is 1. The predicted molar refractivity (Wildman–Crippen MR) is 348 cm³/mol. The minimum Gasteiger partial charge on any atom is -0.479 e. The predicted octanol–water partition coefficient (Wildman–Crippen LogP) is 5.64. The van der Waals surface area contributed by atoms with Crippen LogP contribution in [-0.4, -0.2) is 170 Å². The molecule has 0 spiro atoms. The van der Waals surface area contributed by atoms with Crippen LogP contribution in [0.1, 0.15) is 96.7 Å². The van der Waals surface area contributed by atoms with Gasteiger partial charge in [-0.2, -0.15) is 11.8 Å². The van der Waals surface area contributed by atoms with E-state index in [0.717, 1.165) is 5.56 Å². The number of fused-ring (bicyclic) bond motifs is 4. The number of H-pyrrole nitrogens is 1. The average molecular weight is 1330 g/mol. The first-order valence-corrected chi connectivity index (χ1v) is 32.2. The fourth-order valence-electron chi connectivity index (χ4n) is 11.3. The lowest BCUT2D eigenvalue weighted by Gasteiger charge is -2.38. The van der Waals surface area contributed by atoms with Crippen LogP contribution in [-0.2, 0) is 44.8 Å². The number of aromatic amines is 1. The van der Waals surface area contributed by atoms with Gasteiger partial charge in [-0.05, 0) is 115 Å². The van der Waals surface area contributed by atoms with Gasteiger partial charge in [-0.1, -0.05) is 56.7 Å². The number of alkyl halides is 1. The summed E-state index contributed by atoms with van der Waals surface area (Å²) >= 11 is 7.86. The summed E-state index contributed by atoms with van der Waals surface area (Å²) in [5.41, 5.74) is 9.08. The number of carboxylic acids is 1. The van der Waals surface area contributed by atoms with Crippen molar-refractivity contribution in [1.29, 1.82) is 0 Å². The van der Waals surface area contributed by atoms with Crippen molar-refractivity contribution in [2.45, 2.75) is 119 Å². The molecule has 10 amide bonds. The van der Waals surface area contributed by atoms with Gasteiger partial charge in [0, 0.05) is 89.3 Å². The third kappa shape index (κ3) is 16.5. The number of urea groups is 1. The van der Waals surface area contributed by atoms with E-state index >= 15 is 0 Å². The van der Waals surface area contributed by atoms with Gasteiger partial charge in [0.15, 0.2) is 6.10 Å². The molecule has 27 nitrogen and oxygen atoms in total. The first-order valence-electron chi connectivity index (χ1n) is 30.4. The topological polar surface area (TPSA) is 400 Å². The monoisotopic (exact) mass is 1330 g/mol. The number of aromatic nitrogens is 1. The molecule has 9 rings (SSSR count). The van der Waals surface area contributed by atoms with E-state index in [1.807, 2.05) is 6.07 Å². The number of nitrogens with two attached hydrogens (primary N) is 1. The molecule has 498 valence electrons. The first-order chi connectivity index (χ1) is 45.0. The zero-order chi connectivity index (χ0) is 67.5. The Balaban J connectivity index is 0.750. The quantitative estimate of drug-likeness (QED) is 0.0169. The second-order valence-electron chi connectivity index (χ2n) is 23.3. The Hall–Kier alpha value is -9.32. The minimum atomic E-state index is -1.93. The summed E-state index contributed by atoms with van der Waals surface area (Å²) in [6.07, 6.45) is -6.09. The van der Waals surface area contributed by atoms with Gasteiger partial charge in [0.25, 0.3) is 11.8 Å². The molecule has 4 heterocycles.